The van der Waals surface area contributed by atoms with Gasteiger partial charge in [0.2, 0.25) is 5.91 Å². The van der Waals surface area contributed by atoms with E-state index in [1.807, 2.05) is 53.4 Å². The van der Waals surface area contributed by atoms with E-state index in [1.54, 1.807) is 13.2 Å². The number of benzene rings is 2. The van der Waals surface area contributed by atoms with Crippen molar-refractivity contribution in [2.24, 2.45) is 0 Å². The van der Waals surface area contributed by atoms with Crippen molar-refractivity contribution in [3.8, 4) is 5.75 Å². The van der Waals surface area contributed by atoms with Gasteiger partial charge in [0.25, 0.3) is 0 Å². The standard InChI is InChI=1S/C21H23ClN2O2/c1-26-20-7-3-4-17(15-20)8-9-21(25)24-12-10-23(11-13-24)16-18-5-2-6-19(22)14-18/h2-9,14-15H,10-13,16H2,1H3/b9-8+. The first-order valence-electron chi connectivity index (χ1n) is 8.72. The molecule has 0 unspecified atom stereocenters. The molecule has 0 bridgehead atoms. The molecule has 1 amide bonds. The van der Waals surface area contributed by atoms with E-state index in [4.69, 9.17) is 16.3 Å². The summed E-state index contributed by atoms with van der Waals surface area (Å²) in [6, 6.07) is 15.6. The first-order valence-corrected chi connectivity index (χ1v) is 9.10. The van der Waals surface area contributed by atoms with Gasteiger partial charge < -0.3 is 9.64 Å². The van der Waals surface area contributed by atoms with Gasteiger partial charge >= 0.3 is 0 Å². The number of amides is 1. The van der Waals surface area contributed by atoms with E-state index >= 15 is 0 Å². The predicted molar refractivity (Wildman–Crippen MR) is 105 cm³/mol. The van der Waals surface area contributed by atoms with Crippen LogP contribution in [0.4, 0.5) is 0 Å². The summed E-state index contributed by atoms with van der Waals surface area (Å²) in [5.41, 5.74) is 2.16. The molecule has 2 aromatic carbocycles. The van der Waals surface area contributed by atoms with Crippen molar-refractivity contribution in [1.82, 2.24) is 9.80 Å². The lowest BCUT2D eigenvalue weighted by Crippen LogP contribution is -2.47. The summed E-state index contributed by atoms with van der Waals surface area (Å²) >= 11 is 6.04. The fourth-order valence-corrected chi connectivity index (χ4v) is 3.25. The van der Waals surface area contributed by atoms with Crippen LogP contribution in [0, 0.1) is 0 Å². The second-order valence-corrected chi connectivity index (χ2v) is 6.78. The van der Waals surface area contributed by atoms with Gasteiger partial charge in [0, 0.05) is 43.8 Å². The number of methoxy groups -OCH3 is 1. The molecule has 0 spiro atoms. The normalized spacial score (nSPS) is 15.4. The summed E-state index contributed by atoms with van der Waals surface area (Å²) in [5.74, 6) is 0.837. The van der Waals surface area contributed by atoms with Gasteiger partial charge in [0.15, 0.2) is 0 Å². The molecule has 5 heteroatoms. The van der Waals surface area contributed by atoms with Crippen molar-refractivity contribution < 1.29 is 9.53 Å². The fourth-order valence-electron chi connectivity index (χ4n) is 3.04. The summed E-state index contributed by atoms with van der Waals surface area (Å²) in [6.45, 7) is 4.07. The molecule has 4 nitrogen and oxygen atoms in total. The van der Waals surface area contributed by atoms with Crippen LogP contribution in [-0.4, -0.2) is 49.0 Å². The van der Waals surface area contributed by atoms with Crippen LogP contribution in [0.2, 0.25) is 5.02 Å². The van der Waals surface area contributed by atoms with Crippen LogP contribution in [0.15, 0.2) is 54.6 Å². The number of halogens is 1. The first-order chi connectivity index (χ1) is 12.6. The Labute approximate surface area is 159 Å². The Kier molecular flexibility index (Phi) is 6.31. The molecule has 1 saturated heterocycles. The van der Waals surface area contributed by atoms with E-state index in [1.165, 1.54) is 5.56 Å². The van der Waals surface area contributed by atoms with Crippen molar-refractivity contribution in [2.75, 3.05) is 33.3 Å². The molecule has 0 atom stereocenters. The number of nitrogens with zero attached hydrogens (tertiary/aromatic N) is 2. The van der Waals surface area contributed by atoms with Gasteiger partial charge in [0.1, 0.15) is 5.75 Å². The maximum absolute atomic E-state index is 12.4. The first kappa shape index (κ1) is 18.5. The molecule has 0 N–H and O–H groups in total. The summed E-state index contributed by atoms with van der Waals surface area (Å²) in [7, 11) is 1.64. The van der Waals surface area contributed by atoms with Crippen LogP contribution in [0.1, 0.15) is 11.1 Å². The zero-order chi connectivity index (χ0) is 18.4. The summed E-state index contributed by atoms with van der Waals surface area (Å²) in [6.07, 6.45) is 3.48. The number of ether oxygens (including phenoxy) is 1. The summed E-state index contributed by atoms with van der Waals surface area (Å²) < 4.78 is 5.20. The Morgan fingerprint density at radius 2 is 1.88 bits per heavy atom. The lowest BCUT2D eigenvalue weighted by molar-refractivity contribution is -0.127. The largest absolute Gasteiger partial charge is 0.497 e. The molecule has 0 aromatic heterocycles. The predicted octanol–water partition coefficient (Wildman–Crippen LogP) is 3.71. The number of rotatable bonds is 5. The minimum atomic E-state index is 0.0511. The zero-order valence-electron chi connectivity index (χ0n) is 14.9. The molecule has 2 aromatic rings. The summed E-state index contributed by atoms with van der Waals surface area (Å²) in [4.78, 5) is 16.6. The van der Waals surface area contributed by atoms with Crippen LogP contribution in [0.25, 0.3) is 6.08 Å². The highest BCUT2D eigenvalue weighted by Crippen LogP contribution is 2.15. The Balaban J connectivity index is 1.51. The summed E-state index contributed by atoms with van der Waals surface area (Å²) in [5, 5.41) is 0.763. The lowest BCUT2D eigenvalue weighted by Gasteiger charge is -2.34. The van der Waals surface area contributed by atoms with Crippen LogP contribution in [-0.2, 0) is 11.3 Å². The number of carbonyl (C=O) groups excluding carboxylic acids is 1. The second-order valence-electron chi connectivity index (χ2n) is 6.34. The number of piperazine rings is 1. The Bertz CT molecular complexity index is 783. The van der Waals surface area contributed by atoms with E-state index in [0.717, 1.165) is 49.1 Å². The van der Waals surface area contributed by atoms with Crippen LogP contribution >= 0.6 is 11.6 Å². The van der Waals surface area contributed by atoms with Gasteiger partial charge in [-0.15, -0.1) is 0 Å². The molecule has 1 heterocycles. The molecular weight excluding hydrogens is 348 g/mol. The van der Waals surface area contributed by atoms with Crippen LogP contribution in [0.5, 0.6) is 5.75 Å². The quantitative estimate of drug-likeness (QED) is 0.752. The molecule has 1 aliphatic heterocycles. The third-order valence-corrected chi connectivity index (χ3v) is 4.73. The highest BCUT2D eigenvalue weighted by Gasteiger charge is 2.19. The van der Waals surface area contributed by atoms with Gasteiger partial charge in [-0.05, 0) is 41.5 Å². The van der Waals surface area contributed by atoms with Crippen molar-refractivity contribution in [1.29, 1.82) is 0 Å². The molecule has 0 saturated carbocycles. The number of carbonyl (C=O) groups is 1. The topological polar surface area (TPSA) is 32.8 Å². The van der Waals surface area contributed by atoms with Gasteiger partial charge in [-0.1, -0.05) is 35.9 Å². The highest BCUT2D eigenvalue weighted by atomic mass is 35.5. The molecule has 1 aliphatic rings. The van der Waals surface area contributed by atoms with Gasteiger partial charge in [0.05, 0.1) is 7.11 Å². The van der Waals surface area contributed by atoms with Crippen molar-refractivity contribution in [3.05, 3.63) is 70.8 Å². The minimum absolute atomic E-state index is 0.0511. The molecule has 0 radical (unpaired) electrons. The molecular formula is C21H23ClN2O2. The maximum atomic E-state index is 12.4. The third kappa shape index (κ3) is 5.10. The van der Waals surface area contributed by atoms with E-state index in [0.29, 0.717) is 0 Å². The van der Waals surface area contributed by atoms with Gasteiger partial charge in [-0.3, -0.25) is 9.69 Å². The fraction of sp³-hybridized carbons (Fsp3) is 0.286. The van der Waals surface area contributed by atoms with E-state index < -0.39 is 0 Å². The molecule has 1 fully saturated rings. The smallest absolute Gasteiger partial charge is 0.246 e. The van der Waals surface area contributed by atoms with E-state index in [2.05, 4.69) is 11.0 Å². The maximum Gasteiger partial charge on any atom is 0.246 e. The van der Waals surface area contributed by atoms with E-state index in [9.17, 15) is 4.79 Å². The average molecular weight is 371 g/mol. The number of hydrogen-bond donors (Lipinski definition) is 0. The third-order valence-electron chi connectivity index (χ3n) is 4.49. The zero-order valence-corrected chi connectivity index (χ0v) is 15.7. The second kappa shape index (κ2) is 8.88. The molecule has 26 heavy (non-hydrogen) atoms. The van der Waals surface area contributed by atoms with Crippen molar-refractivity contribution >= 4 is 23.6 Å². The molecule has 136 valence electrons. The Morgan fingerprint density at radius 3 is 2.62 bits per heavy atom. The van der Waals surface area contributed by atoms with Crippen LogP contribution < -0.4 is 4.74 Å². The SMILES string of the molecule is COc1cccc(/C=C/C(=O)N2CCN(Cc3cccc(Cl)c3)CC2)c1. The number of hydrogen-bond acceptors (Lipinski definition) is 3. The van der Waals surface area contributed by atoms with Crippen molar-refractivity contribution in [2.45, 2.75) is 6.54 Å². The van der Waals surface area contributed by atoms with Crippen LogP contribution in [0.3, 0.4) is 0 Å². The van der Waals surface area contributed by atoms with Gasteiger partial charge in [-0.2, -0.15) is 0 Å². The Morgan fingerprint density at radius 1 is 1.12 bits per heavy atom. The Hall–Kier alpha value is -2.30. The average Bonchev–Trinajstić information content (AvgIpc) is 2.67. The molecule has 3 rings (SSSR count). The lowest BCUT2D eigenvalue weighted by atomic mass is 10.2. The highest BCUT2D eigenvalue weighted by molar-refractivity contribution is 6.30. The van der Waals surface area contributed by atoms with E-state index in [-0.39, 0.29) is 5.91 Å². The van der Waals surface area contributed by atoms with Crippen molar-refractivity contribution in [3.63, 3.8) is 0 Å². The monoisotopic (exact) mass is 370 g/mol. The molecule has 0 aliphatic carbocycles. The van der Waals surface area contributed by atoms with Gasteiger partial charge in [-0.25, -0.2) is 0 Å². The minimum Gasteiger partial charge on any atom is -0.497 e.